The zero-order chi connectivity index (χ0) is 34.0. The number of hydrogen-bond acceptors (Lipinski definition) is 9. The summed E-state index contributed by atoms with van der Waals surface area (Å²) in [4.78, 5) is 39.7. The van der Waals surface area contributed by atoms with Crippen LogP contribution in [0.25, 0.3) is 22.3 Å². The Morgan fingerprint density at radius 3 is 2.38 bits per heavy atom. The third-order valence-corrected chi connectivity index (χ3v) is 8.48. The number of halogens is 2. The van der Waals surface area contributed by atoms with Crippen molar-refractivity contribution in [2.45, 2.75) is 24.8 Å². The number of carbonyl (C=O) groups is 2. The molecule has 0 aliphatic heterocycles. The molecule has 0 spiro atoms. The Hall–Kier alpha value is -4.48. The summed E-state index contributed by atoms with van der Waals surface area (Å²) in [6, 6.07) is 25.3. The van der Waals surface area contributed by atoms with Crippen LogP contribution >= 0.6 is 35.1 Å². The number of rotatable bonds is 14. The quantitative estimate of drug-likeness (QED) is 0.0688. The zero-order valence-corrected chi connectivity index (χ0v) is 28.4. The molecule has 0 fully saturated rings. The van der Waals surface area contributed by atoms with Crippen LogP contribution in [0, 0.1) is 6.92 Å². The van der Waals surface area contributed by atoms with Crippen molar-refractivity contribution in [2.75, 3.05) is 26.4 Å². The molecular formula is C36H32Cl2N2O7S. The van der Waals surface area contributed by atoms with E-state index < -0.39 is 12.0 Å². The molecule has 0 saturated carbocycles. The lowest BCUT2D eigenvalue weighted by molar-refractivity contribution is -0.144. The first-order valence-electron chi connectivity index (χ1n) is 15.0. The summed E-state index contributed by atoms with van der Waals surface area (Å²) in [6.07, 6.45) is 0. The van der Waals surface area contributed by atoms with E-state index in [0.29, 0.717) is 37.9 Å². The highest BCUT2D eigenvalue weighted by molar-refractivity contribution is 7.97. The first-order valence-corrected chi connectivity index (χ1v) is 16.6. The summed E-state index contributed by atoms with van der Waals surface area (Å²) in [5.41, 5.74) is 2.02. The highest BCUT2D eigenvalue weighted by atomic mass is 35.5. The number of amides is 1. The van der Waals surface area contributed by atoms with Crippen LogP contribution in [-0.4, -0.2) is 44.3 Å². The molecular weight excluding hydrogens is 675 g/mol. The van der Waals surface area contributed by atoms with Gasteiger partial charge in [-0.25, -0.2) is 4.72 Å². The number of carbonyl (C=O) groups excluding carboxylic acids is 2. The van der Waals surface area contributed by atoms with Gasteiger partial charge in [0.1, 0.15) is 30.6 Å². The molecule has 1 amide bonds. The summed E-state index contributed by atoms with van der Waals surface area (Å²) in [5, 5.41) is 3.90. The summed E-state index contributed by atoms with van der Waals surface area (Å²) >= 11 is 13.8. The Balaban J connectivity index is 1.18. The molecule has 0 aliphatic carbocycles. The monoisotopic (exact) mass is 706 g/mol. The van der Waals surface area contributed by atoms with Crippen molar-refractivity contribution < 1.29 is 28.2 Å². The lowest BCUT2D eigenvalue weighted by atomic mass is 10.1. The molecule has 0 aliphatic rings. The number of aryl methyl sites for hydroxylation is 1. The molecule has 1 aromatic heterocycles. The largest absolute Gasteiger partial charge is 0.490 e. The van der Waals surface area contributed by atoms with E-state index in [4.69, 9.17) is 41.8 Å². The maximum absolute atomic E-state index is 13.4. The highest BCUT2D eigenvalue weighted by Crippen LogP contribution is 2.36. The molecule has 12 heteroatoms. The number of esters is 1. The van der Waals surface area contributed by atoms with Gasteiger partial charge in [0.2, 0.25) is 11.2 Å². The molecule has 5 aromatic rings. The molecule has 0 saturated heterocycles. The third-order valence-electron chi connectivity index (χ3n) is 7.02. The van der Waals surface area contributed by atoms with Crippen LogP contribution in [0.4, 0.5) is 0 Å². The Morgan fingerprint density at radius 2 is 1.65 bits per heavy atom. The second-order valence-electron chi connectivity index (χ2n) is 10.5. The minimum atomic E-state index is -0.760. The van der Waals surface area contributed by atoms with Gasteiger partial charge < -0.3 is 23.9 Å². The second kappa shape index (κ2) is 16.6. The molecule has 9 nitrogen and oxygen atoms in total. The highest BCUT2D eigenvalue weighted by Gasteiger charge is 2.22. The summed E-state index contributed by atoms with van der Waals surface area (Å²) in [6.45, 7) is 4.09. The van der Waals surface area contributed by atoms with Crippen molar-refractivity contribution in [1.82, 2.24) is 10.0 Å². The standard InChI is InChI=1S/C36H32Cl2N2O7S/c1-3-44-36(43)30(40-48-26-15-8-22(2)9-16-26)21-39-35(42)23-10-13-25(14-11-23)45-18-19-46-34-32(41)28-6-4-5-7-31(28)47-33(34)27-17-12-24(37)20-29(27)38/h4-17,20,30,40H,3,18-19,21H2,1-2H3,(H,39,42). The van der Waals surface area contributed by atoms with E-state index in [9.17, 15) is 14.4 Å². The fraction of sp³-hybridized carbons (Fsp3) is 0.194. The van der Waals surface area contributed by atoms with Crippen molar-refractivity contribution in [3.63, 3.8) is 0 Å². The van der Waals surface area contributed by atoms with E-state index in [2.05, 4.69) is 10.0 Å². The smallest absolute Gasteiger partial charge is 0.325 e. The number of benzene rings is 4. The average molecular weight is 708 g/mol. The minimum absolute atomic E-state index is 0.00131. The van der Waals surface area contributed by atoms with Crippen molar-refractivity contribution in [1.29, 1.82) is 0 Å². The summed E-state index contributed by atoms with van der Waals surface area (Å²) in [7, 11) is 0. The van der Waals surface area contributed by atoms with Crippen LogP contribution in [0.3, 0.4) is 0 Å². The Morgan fingerprint density at radius 1 is 0.917 bits per heavy atom. The van der Waals surface area contributed by atoms with E-state index in [1.807, 2.05) is 31.2 Å². The van der Waals surface area contributed by atoms with E-state index in [-0.39, 0.29) is 49.2 Å². The molecule has 48 heavy (non-hydrogen) atoms. The van der Waals surface area contributed by atoms with Crippen molar-refractivity contribution in [2.24, 2.45) is 0 Å². The SMILES string of the molecule is CCOC(=O)C(CNC(=O)c1ccc(OCCOc2c(-c3ccc(Cl)cc3Cl)oc3ccccc3c2=O)cc1)NSc1ccc(C)cc1. The van der Waals surface area contributed by atoms with E-state index >= 15 is 0 Å². The summed E-state index contributed by atoms with van der Waals surface area (Å²) in [5.74, 6) is -0.153. The van der Waals surface area contributed by atoms with Crippen LogP contribution in [0.15, 0.2) is 105 Å². The molecule has 4 aromatic carbocycles. The van der Waals surface area contributed by atoms with Gasteiger partial charge in [0.15, 0.2) is 5.76 Å². The molecule has 1 atom stereocenters. The Kier molecular flexibility index (Phi) is 12.0. The van der Waals surface area contributed by atoms with Gasteiger partial charge in [-0.15, -0.1) is 0 Å². The average Bonchev–Trinajstić information content (AvgIpc) is 3.08. The number of fused-ring (bicyclic) bond motifs is 1. The van der Waals surface area contributed by atoms with Gasteiger partial charge >= 0.3 is 5.97 Å². The van der Waals surface area contributed by atoms with Crippen molar-refractivity contribution in [3.8, 4) is 22.8 Å². The zero-order valence-electron chi connectivity index (χ0n) is 26.1. The van der Waals surface area contributed by atoms with Crippen LogP contribution in [0.2, 0.25) is 10.0 Å². The number of hydrogen-bond donors (Lipinski definition) is 2. The van der Waals surface area contributed by atoms with Gasteiger partial charge in [0.05, 0.1) is 17.0 Å². The van der Waals surface area contributed by atoms with Crippen LogP contribution < -0.4 is 24.9 Å². The molecule has 1 heterocycles. The van der Waals surface area contributed by atoms with Crippen LogP contribution in [0.1, 0.15) is 22.8 Å². The third kappa shape index (κ3) is 8.90. The van der Waals surface area contributed by atoms with Gasteiger partial charge in [-0.05, 0) is 92.5 Å². The first-order chi connectivity index (χ1) is 23.2. The Labute approximate surface area is 291 Å². The number of para-hydroxylation sites is 1. The lowest BCUT2D eigenvalue weighted by Gasteiger charge is -2.17. The minimum Gasteiger partial charge on any atom is -0.490 e. The van der Waals surface area contributed by atoms with Crippen molar-refractivity contribution in [3.05, 3.63) is 122 Å². The number of ether oxygens (including phenoxy) is 3. The molecule has 248 valence electrons. The maximum Gasteiger partial charge on any atom is 0.325 e. The normalized spacial score (nSPS) is 11.6. The fourth-order valence-electron chi connectivity index (χ4n) is 4.57. The molecule has 0 bridgehead atoms. The van der Waals surface area contributed by atoms with Gasteiger partial charge in [-0.1, -0.05) is 53.0 Å². The molecule has 5 rings (SSSR count). The lowest BCUT2D eigenvalue weighted by Crippen LogP contribution is -2.44. The molecule has 1 unspecified atom stereocenters. The predicted octanol–water partition coefficient (Wildman–Crippen LogP) is 7.49. The second-order valence-corrected chi connectivity index (χ2v) is 12.2. The van der Waals surface area contributed by atoms with Crippen LogP contribution in [0.5, 0.6) is 11.5 Å². The van der Waals surface area contributed by atoms with E-state index in [1.54, 1.807) is 73.7 Å². The summed E-state index contributed by atoms with van der Waals surface area (Å²) < 4.78 is 26.0. The van der Waals surface area contributed by atoms with E-state index in [0.717, 1.165) is 10.5 Å². The van der Waals surface area contributed by atoms with Crippen molar-refractivity contribution >= 4 is 58.0 Å². The van der Waals surface area contributed by atoms with Gasteiger partial charge in [-0.3, -0.25) is 14.4 Å². The van der Waals surface area contributed by atoms with Gasteiger partial charge in [-0.2, -0.15) is 0 Å². The number of nitrogens with one attached hydrogen (secondary N) is 2. The Bertz CT molecular complexity index is 1950. The van der Waals surface area contributed by atoms with E-state index in [1.165, 1.54) is 11.9 Å². The first kappa shape index (κ1) is 34.8. The van der Waals surface area contributed by atoms with Crippen LogP contribution in [-0.2, 0) is 9.53 Å². The van der Waals surface area contributed by atoms with Gasteiger partial charge in [0.25, 0.3) is 5.91 Å². The molecule has 0 radical (unpaired) electrons. The maximum atomic E-state index is 13.4. The predicted molar refractivity (Wildman–Crippen MR) is 188 cm³/mol. The topological polar surface area (TPSA) is 116 Å². The van der Waals surface area contributed by atoms with Gasteiger partial charge in [0, 0.05) is 27.6 Å². The molecule has 2 N–H and O–H groups in total. The fourth-order valence-corrected chi connectivity index (χ4v) is 5.80.